The number of para-hydroxylation sites is 1. The predicted molar refractivity (Wildman–Crippen MR) is 78.9 cm³/mol. The van der Waals surface area contributed by atoms with E-state index in [0.717, 1.165) is 0 Å². The second kappa shape index (κ2) is 7.75. The minimum absolute atomic E-state index is 0.0551. The molecule has 0 radical (unpaired) electrons. The molecule has 0 spiro atoms. The van der Waals surface area contributed by atoms with Gasteiger partial charge in [0.25, 0.3) is 0 Å². The average Bonchev–Trinajstić information content (AvgIpc) is 2.38. The SMILES string of the molecule is CCOc1cccc(CNC(C)C(=O)NC(C)C)c1O. The van der Waals surface area contributed by atoms with Crippen molar-refractivity contribution in [3.05, 3.63) is 23.8 Å². The fraction of sp³-hybridized carbons (Fsp3) is 0.533. The highest BCUT2D eigenvalue weighted by atomic mass is 16.5. The van der Waals surface area contributed by atoms with E-state index >= 15 is 0 Å². The number of carbonyl (C=O) groups is 1. The lowest BCUT2D eigenvalue weighted by Crippen LogP contribution is -2.44. The van der Waals surface area contributed by atoms with Crippen molar-refractivity contribution in [2.75, 3.05) is 6.61 Å². The number of hydrogen-bond acceptors (Lipinski definition) is 4. The second-order valence-electron chi connectivity index (χ2n) is 4.96. The highest BCUT2D eigenvalue weighted by Gasteiger charge is 2.14. The van der Waals surface area contributed by atoms with Gasteiger partial charge in [0.2, 0.25) is 5.91 Å². The lowest BCUT2D eigenvalue weighted by atomic mass is 10.1. The van der Waals surface area contributed by atoms with Crippen LogP contribution in [0, 0.1) is 0 Å². The molecule has 1 aromatic rings. The zero-order valence-corrected chi connectivity index (χ0v) is 12.6. The number of nitrogens with one attached hydrogen (secondary N) is 2. The van der Waals surface area contributed by atoms with Crippen LogP contribution in [0.4, 0.5) is 0 Å². The molecule has 3 N–H and O–H groups in total. The maximum atomic E-state index is 11.8. The molecule has 1 unspecified atom stereocenters. The first-order valence-electron chi connectivity index (χ1n) is 6.93. The number of hydrogen-bond donors (Lipinski definition) is 3. The standard InChI is InChI=1S/C15H24N2O3/c1-5-20-13-8-6-7-12(14(13)18)9-16-11(4)15(19)17-10(2)3/h6-8,10-11,16,18H,5,9H2,1-4H3,(H,17,19). The summed E-state index contributed by atoms with van der Waals surface area (Å²) in [6.45, 7) is 8.39. The minimum atomic E-state index is -0.326. The first-order chi connectivity index (χ1) is 9.45. The van der Waals surface area contributed by atoms with Gasteiger partial charge in [-0.25, -0.2) is 0 Å². The van der Waals surface area contributed by atoms with E-state index < -0.39 is 0 Å². The van der Waals surface area contributed by atoms with E-state index in [4.69, 9.17) is 4.74 Å². The minimum Gasteiger partial charge on any atom is -0.504 e. The Bertz CT molecular complexity index is 447. The van der Waals surface area contributed by atoms with Crippen LogP contribution in [0.2, 0.25) is 0 Å². The van der Waals surface area contributed by atoms with Gasteiger partial charge in [0, 0.05) is 18.2 Å². The van der Waals surface area contributed by atoms with E-state index in [1.54, 1.807) is 19.1 Å². The third kappa shape index (κ3) is 4.74. The smallest absolute Gasteiger partial charge is 0.237 e. The van der Waals surface area contributed by atoms with Gasteiger partial charge in [0.05, 0.1) is 12.6 Å². The summed E-state index contributed by atoms with van der Waals surface area (Å²) in [5.74, 6) is 0.532. The lowest BCUT2D eigenvalue weighted by Gasteiger charge is -2.17. The third-order valence-corrected chi connectivity index (χ3v) is 2.81. The molecule has 0 fully saturated rings. The van der Waals surface area contributed by atoms with Crippen LogP contribution in [0.3, 0.4) is 0 Å². The monoisotopic (exact) mass is 280 g/mol. The summed E-state index contributed by atoms with van der Waals surface area (Å²) < 4.78 is 5.33. The first kappa shape index (κ1) is 16.3. The summed E-state index contributed by atoms with van der Waals surface area (Å²) in [5.41, 5.74) is 0.708. The molecule has 20 heavy (non-hydrogen) atoms. The number of rotatable bonds is 7. The van der Waals surface area contributed by atoms with E-state index in [1.807, 2.05) is 26.8 Å². The van der Waals surface area contributed by atoms with Gasteiger partial charge in [-0.2, -0.15) is 0 Å². The average molecular weight is 280 g/mol. The molecule has 0 heterocycles. The van der Waals surface area contributed by atoms with Crippen molar-refractivity contribution in [2.45, 2.75) is 46.3 Å². The van der Waals surface area contributed by atoms with Crippen LogP contribution in [-0.2, 0) is 11.3 Å². The van der Waals surface area contributed by atoms with Crippen molar-refractivity contribution in [2.24, 2.45) is 0 Å². The molecule has 0 saturated heterocycles. The first-order valence-corrected chi connectivity index (χ1v) is 6.93. The molecule has 0 aliphatic rings. The van der Waals surface area contributed by atoms with Crippen molar-refractivity contribution >= 4 is 5.91 Å². The van der Waals surface area contributed by atoms with Crippen LogP contribution in [0.1, 0.15) is 33.3 Å². The van der Waals surface area contributed by atoms with Gasteiger partial charge < -0.3 is 20.5 Å². The van der Waals surface area contributed by atoms with Gasteiger partial charge in [-0.3, -0.25) is 4.79 Å². The Morgan fingerprint density at radius 1 is 1.35 bits per heavy atom. The molecule has 1 amide bonds. The molecule has 5 nitrogen and oxygen atoms in total. The molecule has 0 aromatic heterocycles. The number of ether oxygens (including phenoxy) is 1. The summed E-state index contributed by atoms with van der Waals surface area (Å²) in [7, 11) is 0. The van der Waals surface area contributed by atoms with Crippen LogP contribution in [0.25, 0.3) is 0 Å². The number of phenolic OH excluding ortho intramolecular Hbond substituents is 1. The molecule has 0 saturated carbocycles. The van der Waals surface area contributed by atoms with Crippen molar-refractivity contribution in [3.63, 3.8) is 0 Å². The molecular weight excluding hydrogens is 256 g/mol. The van der Waals surface area contributed by atoms with Crippen LogP contribution in [-0.4, -0.2) is 29.7 Å². The van der Waals surface area contributed by atoms with E-state index in [1.165, 1.54) is 0 Å². The van der Waals surface area contributed by atoms with E-state index in [-0.39, 0.29) is 23.7 Å². The number of benzene rings is 1. The third-order valence-electron chi connectivity index (χ3n) is 2.81. The van der Waals surface area contributed by atoms with Crippen molar-refractivity contribution in [1.82, 2.24) is 10.6 Å². The van der Waals surface area contributed by atoms with Crippen LogP contribution in [0.15, 0.2) is 18.2 Å². The summed E-state index contributed by atoms with van der Waals surface area (Å²) in [5, 5.41) is 16.0. The summed E-state index contributed by atoms with van der Waals surface area (Å²) in [6, 6.07) is 5.13. The Morgan fingerprint density at radius 3 is 2.65 bits per heavy atom. The normalized spacial score (nSPS) is 12.2. The highest BCUT2D eigenvalue weighted by Crippen LogP contribution is 2.29. The van der Waals surface area contributed by atoms with E-state index in [0.29, 0.717) is 24.5 Å². The Morgan fingerprint density at radius 2 is 2.05 bits per heavy atom. The fourth-order valence-corrected chi connectivity index (χ4v) is 1.75. The Labute approximate surface area is 120 Å². The maximum absolute atomic E-state index is 11.8. The predicted octanol–water partition coefficient (Wildman–Crippen LogP) is 1.79. The van der Waals surface area contributed by atoms with E-state index in [9.17, 15) is 9.90 Å². The van der Waals surface area contributed by atoms with E-state index in [2.05, 4.69) is 10.6 Å². The topological polar surface area (TPSA) is 70.6 Å². The molecule has 1 rings (SSSR count). The molecule has 0 aliphatic carbocycles. The summed E-state index contributed by atoms with van der Waals surface area (Å²) in [4.78, 5) is 11.8. The van der Waals surface area contributed by atoms with Gasteiger partial charge in [0.1, 0.15) is 0 Å². The maximum Gasteiger partial charge on any atom is 0.237 e. The van der Waals surface area contributed by atoms with Gasteiger partial charge in [-0.05, 0) is 33.8 Å². The molecule has 0 bridgehead atoms. The molecule has 1 atom stereocenters. The number of amides is 1. The lowest BCUT2D eigenvalue weighted by molar-refractivity contribution is -0.123. The molecular formula is C15H24N2O3. The summed E-state index contributed by atoms with van der Waals surface area (Å²) >= 11 is 0. The number of phenols is 1. The Balaban J connectivity index is 2.61. The van der Waals surface area contributed by atoms with Gasteiger partial charge >= 0.3 is 0 Å². The number of carbonyl (C=O) groups excluding carboxylic acids is 1. The molecule has 1 aromatic carbocycles. The van der Waals surface area contributed by atoms with Crippen LogP contribution in [0.5, 0.6) is 11.5 Å². The van der Waals surface area contributed by atoms with Gasteiger partial charge in [-0.15, -0.1) is 0 Å². The number of aromatic hydroxyl groups is 1. The van der Waals surface area contributed by atoms with Gasteiger partial charge in [-0.1, -0.05) is 12.1 Å². The quantitative estimate of drug-likeness (QED) is 0.712. The zero-order valence-electron chi connectivity index (χ0n) is 12.6. The van der Waals surface area contributed by atoms with Gasteiger partial charge in [0.15, 0.2) is 11.5 Å². The van der Waals surface area contributed by atoms with Crippen molar-refractivity contribution in [1.29, 1.82) is 0 Å². The second-order valence-corrected chi connectivity index (χ2v) is 4.96. The van der Waals surface area contributed by atoms with Crippen molar-refractivity contribution in [3.8, 4) is 11.5 Å². The fourth-order valence-electron chi connectivity index (χ4n) is 1.75. The van der Waals surface area contributed by atoms with Crippen molar-refractivity contribution < 1.29 is 14.6 Å². The Hall–Kier alpha value is -1.75. The largest absolute Gasteiger partial charge is 0.504 e. The molecule has 5 heteroatoms. The Kier molecular flexibility index (Phi) is 6.31. The molecule has 112 valence electrons. The molecule has 0 aliphatic heterocycles. The van der Waals surface area contributed by atoms with Crippen LogP contribution >= 0.6 is 0 Å². The van der Waals surface area contributed by atoms with Crippen LogP contribution < -0.4 is 15.4 Å². The summed E-state index contributed by atoms with van der Waals surface area (Å²) in [6.07, 6.45) is 0. The highest BCUT2D eigenvalue weighted by molar-refractivity contribution is 5.81. The zero-order chi connectivity index (χ0) is 15.1.